The third-order valence-corrected chi connectivity index (χ3v) is 9.60. The monoisotopic (exact) mass is 660 g/mol. The van der Waals surface area contributed by atoms with E-state index in [1.165, 1.54) is 21.6 Å². The first-order valence-electron chi connectivity index (χ1n) is 11.7. The summed E-state index contributed by atoms with van der Waals surface area (Å²) in [4.78, 5) is 35.6. The van der Waals surface area contributed by atoms with Gasteiger partial charge in [-0.3, -0.25) is 9.59 Å². The molecule has 0 aliphatic heterocycles. The summed E-state index contributed by atoms with van der Waals surface area (Å²) in [6.07, 6.45) is 0. The number of hydrogen-bond donors (Lipinski definition) is 2. The van der Waals surface area contributed by atoms with Crippen LogP contribution in [0.25, 0.3) is 44.3 Å². The maximum atomic E-state index is 13.8. The highest BCUT2D eigenvalue weighted by atomic mass is 79.9. The molecule has 186 valence electrons. The number of nitrogens with one attached hydrogen (secondary N) is 2. The van der Waals surface area contributed by atoms with Gasteiger partial charge >= 0.3 is 0 Å². The van der Waals surface area contributed by atoms with E-state index in [0.29, 0.717) is 32.0 Å². The van der Waals surface area contributed by atoms with Crippen LogP contribution in [0.5, 0.6) is 0 Å². The van der Waals surface area contributed by atoms with E-state index in [1.54, 1.807) is 0 Å². The van der Waals surface area contributed by atoms with E-state index in [0.717, 1.165) is 31.1 Å². The van der Waals surface area contributed by atoms with Crippen molar-refractivity contribution in [3.05, 3.63) is 126 Å². The smallest absolute Gasteiger partial charge is 0.204 e. The van der Waals surface area contributed by atoms with Crippen LogP contribution in [0.4, 0.5) is 0 Å². The topological polar surface area (TPSA) is 65.7 Å². The molecule has 38 heavy (non-hydrogen) atoms. The van der Waals surface area contributed by atoms with Crippen molar-refractivity contribution in [3.8, 4) is 22.5 Å². The van der Waals surface area contributed by atoms with Crippen molar-refractivity contribution in [2.45, 2.75) is 9.79 Å². The van der Waals surface area contributed by atoms with E-state index in [2.05, 4.69) is 41.8 Å². The number of fused-ring (bicyclic) bond motifs is 2. The van der Waals surface area contributed by atoms with Gasteiger partial charge in [0.2, 0.25) is 10.9 Å². The number of halogens is 2. The first-order valence-corrected chi connectivity index (χ1v) is 15.4. The van der Waals surface area contributed by atoms with Crippen LogP contribution >= 0.6 is 53.4 Å². The molecule has 2 heterocycles. The summed E-state index contributed by atoms with van der Waals surface area (Å²) in [6.45, 7) is 0. The van der Waals surface area contributed by atoms with Crippen LogP contribution in [0.2, 0.25) is 0 Å². The Morgan fingerprint density at radius 3 is 1.37 bits per heavy atom. The molecular weight excluding hydrogens is 644 g/mol. The highest BCUT2D eigenvalue weighted by molar-refractivity contribution is 9.10. The third kappa shape index (κ3) is 4.78. The van der Waals surface area contributed by atoms with Gasteiger partial charge in [0.15, 0.2) is 0 Å². The van der Waals surface area contributed by atoms with Crippen molar-refractivity contribution >= 4 is 75.3 Å². The molecule has 8 heteroatoms. The number of benzene rings is 4. The van der Waals surface area contributed by atoms with Crippen molar-refractivity contribution in [1.82, 2.24) is 9.97 Å². The third-order valence-electron chi connectivity index (χ3n) is 6.16. The molecule has 0 atom stereocenters. The Bertz CT molecular complexity index is 1820. The standard InChI is InChI=1S/C30H18Br2N2O2S2/c31-19-9-5-7-17(15-19)25-29(27(35)21-11-1-3-13-23(21)33-25)37-38-30-26(18-8-6-10-20(32)16-18)34-24-14-4-2-12-22(24)28(30)36/h1-16H,(H,33,35)(H,34,36). The lowest BCUT2D eigenvalue weighted by Gasteiger charge is -2.14. The number of rotatable bonds is 5. The molecule has 0 bridgehead atoms. The van der Waals surface area contributed by atoms with Crippen molar-refractivity contribution in [2.75, 3.05) is 0 Å². The second kappa shape index (κ2) is 10.6. The fourth-order valence-electron chi connectivity index (χ4n) is 4.37. The van der Waals surface area contributed by atoms with Crippen LogP contribution in [0.3, 0.4) is 0 Å². The minimum Gasteiger partial charge on any atom is -0.353 e. The zero-order chi connectivity index (χ0) is 26.2. The lowest BCUT2D eigenvalue weighted by atomic mass is 10.1. The lowest BCUT2D eigenvalue weighted by Crippen LogP contribution is -2.10. The molecule has 0 unspecified atom stereocenters. The van der Waals surface area contributed by atoms with Gasteiger partial charge in [-0.05, 0) is 70.1 Å². The zero-order valence-corrected chi connectivity index (χ0v) is 24.4. The normalized spacial score (nSPS) is 11.3. The molecule has 2 aromatic heterocycles. The van der Waals surface area contributed by atoms with Crippen LogP contribution in [0.1, 0.15) is 0 Å². The van der Waals surface area contributed by atoms with E-state index >= 15 is 0 Å². The molecule has 0 amide bonds. The van der Waals surface area contributed by atoms with Gasteiger partial charge in [0.05, 0.1) is 21.2 Å². The molecule has 0 aliphatic rings. The van der Waals surface area contributed by atoms with Gasteiger partial charge in [0.25, 0.3) is 0 Å². The van der Waals surface area contributed by atoms with Crippen molar-refractivity contribution in [2.24, 2.45) is 0 Å². The first-order chi connectivity index (χ1) is 18.5. The zero-order valence-electron chi connectivity index (χ0n) is 19.6. The summed E-state index contributed by atoms with van der Waals surface area (Å²) in [5, 5.41) is 1.21. The minimum absolute atomic E-state index is 0.0759. The first kappa shape index (κ1) is 25.2. The Labute approximate surface area is 242 Å². The van der Waals surface area contributed by atoms with Crippen molar-refractivity contribution < 1.29 is 0 Å². The minimum atomic E-state index is -0.0759. The molecule has 0 saturated heterocycles. The average molecular weight is 662 g/mol. The molecule has 0 spiro atoms. The average Bonchev–Trinajstić information content (AvgIpc) is 2.93. The number of aromatic amines is 2. The van der Waals surface area contributed by atoms with Gasteiger partial charge in [-0.25, -0.2) is 0 Å². The molecule has 6 rings (SSSR count). The molecule has 0 aliphatic carbocycles. The summed E-state index contributed by atoms with van der Waals surface area (Å²) in [5.41, 5.74) is 4.57. The summed E-state index contributed by atoms with van der Waals surface area (Å²) < 4.78 is 1.83. The van der Waals surface area contributed by atoms with E-state index < -0.39 is 0 Å². The van der Waals surface area contributed by atoms with E-state index in [1.807, 2.05) is 97.1 Å². The molecule has 0 fully saturated rings. The van der Waals surface area contributed by atoms with Gasteiger partial charge in [-0.15, -0.1) is 0 Å². The van der Waals surface area contributed by atoms with Crippen molar-refractivity contribution in [3.63, 3.8) is 0 Å². The van der Waals surface area contributed by atoms with Gasteiger partial charge < -0.3 is 9.97 Å². The van der Waals surface area contributed by atoms with Crippen LogP contribution in [-0.4, -0.2) is 9.97 Å². The second-order valence-corrected chi connectivity index (χ2v) is 12.6. The quantitative estimate of drug-likeness (QED) is 0.181. The second-order valence-electron chi connectivity index (χ2n) is 8.60. The van der Waals surface area contributed by atoms with Crippen LogP contribution in [0.15, 0.2) is 125 Å². The maximum Gasteiger partial charge on any atom is 0.204 e. The molecule has 4 aromatic carbocycles. The highest BCUT2D eigenvalue weighted by Crippen LogP contribution is 2.43. The maximum absolute atomic E-state index is 13.8. The largest absolute Gasteiger partial charge is 0.353 e. The number of H-pyrrole nitrogens is 2. The predicted octanol–water partition coefficient (Wildman–Crippen LogP) is 9.03. The fourth-order valence-corrected chi connectivity index (χ4v) is 7.67. The Morgan fingerprint density at radius 2 is 0.947 bits per heavy atom. The molecule has 2 N–H and O–H groups in total. The van der Waals surface area contributed by atoms with Gasteiger partial charge in [0.1, 0.15) is 0 Å². The van der Waals surface area contributed by atoms with Crippen LogP contribution < -0.4 is 10.9 Å². The van der Waals surface area contributed by atoms with Gasteiger partial charge in [0, 0.05) is 41.9 Å². The van der Waals surface area contributed by atoms with Crippen LogP contribution in [-0.2, 0) is 0 Å². The number of aromatic nitrogens is 2. The fraction of sp³-hybridized carbons (Fsp3) is 0. The Hall–Kier alpha value is -3.04. The van der Waals surface area contributed by atoms with E-state index in [4.69, 9.17) is 0 Å². The molecular formula is C30H18Br2N2O2S2. The Morgan fingerprint density at radius 1 is 0.526 bits per heavy atom. The SMILES string of the molecule is O=c1c(SSc2c(-c3cccc(Br)c3)[nH]c3ccccc3c2=O)c(-c2cccc(Br)c2)[nH]c2ccccc12. The number of hydrogen-bond acceptors (Lipinski definition) is 4. The summed E-state index contributed by atoms with van der Waals surface area (Å²) >= 11 is 7.10. The molecule has 6 aromatic rings. The van der Waals surface area contributed by atoms with Gasteiger partial charge in [-0.1, -0.05) is 80.4 Å². The molecule has 4 nitrogen and oxygen atoms in total. The van der Waals surface area contributed by atoms with E-state index in [-0.39, 0.29) is 10.9 Å². The molecule has 0 radical (unpaired) electrons. The summed E-state index contributed by atoms with van der Waals surface area (Å²) in [5.74, 6) is 0. The van der Waals surface area contributed by atoms with Crippen molar-refractivity contribution in [1.29, 1.82) is 0 Å². The van der Waals surface area contributed by atoms with E-state index in [9.17, 15) is 9.59 Å². The summed E-state index contributed by atoms with van der Waals surface area (Å²) in [7, 11) is 2.61. The lowest BCUT2D eigenvalue weighted by molar-refractivity contribution is 1.26. The number of para-hydroxylation sites is 2. The van der Waals surface area contributed by atoms with Gasteiger partial charge in [-0.2, -0.15) is 0 Å². The number of pyridine rings is 2. The Kier molecular flexibility index (Phi) is 7.05. The summed E-state index contributed by atoms with van der Waals surface area (Å²) in [6, 6.07) is 30.6. The predicted molar refractivity (Wildman–Crippen MR) is 167 cm³/mol. The highest BCUT2D eigenvalue weighted by Gasteiger charge is 2.20. The Balaban J connectivity index is 1.54. The molecule has 0 saturated carbocycles. The van der Waals surface area contributed by atoms with Crippen LogP contribution in [0, 0.1) is 0 Å².